The van der Waals surface area contributed by atoms with Gasteiger partial charge in [0.2, 0.25) is 5.88 Å². The van der Waals surface area contributed by atoms with Crippen molar-refractivity contribution in [2.75, 3.05) is 44.6 Å². The van der Waals surface area contributed by atoms with E-state index < -0.39 is 52.2 Å². The number of aryl methyl sites for hydroxylation is 2. The van der Waals surface area contributed by atoms with Gasteiger partial charge in [0.15, 0.2) is 0 Å². The highest BCUT2D eigenvalue weighted by molar-refractivity contribution is 7.92. The second-order valence-corrected chi connectivity index (χ2v) is 17.5. The summed E-state index contributed by atoms with van der Waals surface area (Å²) >= 11 is 6.44. The van der Waals surface area contributed by atoms with Crippen LogP contribution in [0, 0.1) is 17.8 Å². The van der Waals surface area contributed by atoms with Gasteiger partial charge >= 0.3 is 6.61 Å². The lowest BCUT2D eigenvalue weighted by molar-refractivity contribution is -0.159. The summed E-state index contributed by atoms with van der Waals surface area (Å²) in [6.45, 7) is 0.0274. The number of benzene rings is 2. The smallest absolute Gasteiger partial charge is 0.345 e. The molecule has 0 radical (unpaired) electrons. The van der Waals surface area contributed by atoms with E-state index in [4.69, 9.17) is 30.5 Å². The average molecular weight is 802 g/mol. The number of ether oxygens (including phenoxy) is 4. The quantitative estimate of drug-likeness (QED) is 0.283. The lowest BCUT2D eigenvalue weighted by atomic mass is 9.68. The minimum Gasteiger partial charge on any atom is -0.490 e. The molecule has 12 nitrogen and oxygen atoms in total. The number of methoxy groups -OCH3 is 2. The Bertz CT molecular complexity index is 2110. The molecule has 1 saturated carbocycles. The zero-order chi connectivity index (χ0) is 39.1. The minimum atomic E-state index is -3.99. The predicted molar refractivity (Wildman–Crippen MR) is 203 cm³/mol. The van der Waals surface area contributed by atoms with Crippen LogP contribution in [0.2, 0.25) is 5.02 Å². The molecule has 1 unspecified atom stereocenters. The van der Waals surface area contributed by atoms with E-state index in [1.54, 1.807) is 45.4 Å². The molecule has 4 aliphatic rings. The van der Waals surface area contributed by atoms with Crippen LogP contribution in [-0.4, -0.2) is 84.3 Å². The number of hydrogen-bond acceptors (Lipinski definition) is 9. The fourth-order valence-corrected chi connectivity index (χ4v) is 10.7. The zero-order valence-electron chi connectivity index (χ0n) is 31.2. The Morgan fingerprint density at radius 2 is 1.95 bits per heavy atom. The molecule has 1 fully saturated rings. The van der Waals surface area contributed by atoms with Crippen molar-refractivity contribution < 1.29 is 41.5 Å². The number of fused-ring (bicyclic) bond motifs is 4. The van der Waals surface area contributed by atoms with Crippen molar-refractivity contribution in [2.45, 2.75) is 63.3 Å². The summed E-state index contributed by atoms with van der Waals surface area (Å²) in [6.07, 6.45) is 7.47. The lowest BCUT2D eigenvalue weighted by Crippen LogP contribution is -2.49. The van der Waals surface area contributed by atoms with Crippen molar-refractivity contribution in [3.8, 4) is 11.6 Å². The van der Waals surface area contributed by atoms with Gasteiger partial charge in [-0.3, -0.25) is 19.0 Å². The largest absolute Gasteiger partial charge is 0.490 e. The molecule has 2 aliphatic heterocycles. The minimum absolute atomic E-state index is 0.0374. The number of carbonyl (C=O) groups is 2. The third-order valence-electron chi connectivity index (χ3n) is 11.4. The van der Waals surface area contributed by atoms with Gasteiger partial charge < -0.3 is 23.8 Å². The summed E-state index contributed by atoms with van der Waals surface area (Å²) in [4.78, 5) is 30.0. The highest BCUT2D eigenvalue weighted by Gasteiger charge is 2.44. The number of aromatic nitrogens is 2. The molecule has 1 N–H and O–H groups in total. The maximum absolute atomic E-state index is 14.8. The van der Waals surface area contributed by atoms with E-state index in [-0.39, 0.29) is 34.3 Å². The number of halogens is 3. The van der Waals surface area contributed by atoms with Crippen LogP contribution in [0.4, 0.5) is 14.5 Å². The van der Waals surface area contributed by atoms with Crippen molar-refractivity contribution >= 4 is 39.0 Å². The number of rotatable bonds is 6. The Labute approximate surface area is 324 Å². The molecule has 2 aromatic carbocycles. The van der Waals surface area contributed by atoms with Gasteiger partial charge in [-0.05, 0) is 85.4 Å². The topological polar surface area (TPSA) is 134 Å². The number of amides is 2. The van der Waals surface area contributed by atoms with Gasteiger partial charge in [-0.2, -0.15) is 8.78 Å². The van der Waals surface area contributed by atoms with Gasteiger partial charge in [0.05, 0.1) is 37.4 Å². The van der Waals surface area contributed by atoms with Gasteiger partial charge in [-0.15, -0.1) is 9.46 Å². The van der Waals surface area contributed by atoms with E-state index in [0.717, 1.165) is 32.1 Å². The van der Waals surface area contributed by atoms with Gasteiger partial charge in [0, 0.05) is 55.4 Å². The van der Waals surface area contributed by atoms with Crippen molar-refractivity contribution in [3.63, 3.8) is 0 Å². The molecule has 2 aliphatic carbocycles. The lowest BCUT2D eigenvalue weighted by Gasteiger charge is -2.46. The van der Waals surface area contributed by atoms with Crippen LogP contribution in [-0.2, 0) is 38.3 Å². The van der Waals surface area contributed by atoms with Crippen LogP contribution >= 0.6 is 11.6 Å². The van der Waals surface area contributed by atoms with E-state index in [1.165, 1.54) is 35.2 Å². The molecule has 1 aromatic heterocycles. The Morgan fingerprint density at radius 1 is 1.15 bits per heavy atom. The Balaban J connectivity index is 1.34. The number of alkyl halides is 2. The van der Waals surface area contributed by atoms with E-state index in [2.05, 4.69) is 25.1 Å². The average Bonchev–Trinajstić information content (AvgIpc) is 3.45. The molecule has 2 amide bonds. The molecule has 3 heterocycles. The van der Waals surface area contributed by atoms with Crippen molar-refractivity contribution in [3.05, 3.63) is 82.0 Å². The van der Waals surface area contributed by atoms with E-state index in [9.17, 15) is 22.6 Å². The second-order valence-electron chi connectivity index (χ2n) is 15.1. The van der Waals surface area contributed by atoms with Crippen LogP contribution < -0.4 is 19.1 Å². The summed E-state index contributed by atoms with van der Waals surface area (Å²) in [7, 11) is 0.512. The monoisotopic (exact) mass is 801 g/mol. The fourth-order valence-electron chi connectivity index (χ4n) is 8.60. The first-order valence-electron chi connectivity index (χ1n) is 18.4. The highest BCUT2D eigenvalue weighted by atomic mass is 35.5. The third kappa shape index (κ3) is 8.12. The summed E-state index contributed by atoms with van der Waals surface area (Å²) < 4.78 is 73.2. The van der Waals surface area contributed by atoms with Gasteiger partial charge in [-0.1, -0.05) is 36.7 Å². The van der Waals surface area contributed by atoms with Crippen LogP contribution in [0.25, 0.3) is 0 Å². The molecular formula is C39H46ClF2N5O7S. The standard InChI is InChI=1S/C39H46ClF2N5O7S/c1-23-20-55(50,45-36(49)29-19-46(2)43-37(29)52-4)44-35(48)25-8-12-34-31(17-25)47(18-26-7-10-28(26)33(51-3)14-13-32(23)54-38(41)42)21-39(22-53-34)15-5-6-24-16-27(40)9-11-30(24)39/h8-9,11-14,16-17,19,23,26,28,32-33,38H,5-7,10,15,18,20-22H2,1-4H3,(H,44,45,48,49,50)/t23-,26+,28-,32+,33+,39+,55?/m1/s1. The fraction of sp³-hybridized carbons (Fsp3) is 0.513. The van der Waals surface area contributed by atoms with E-state index >= 15 is 0 Å². The first-order chi connectivity index (χ1) is 26.3. The molecule has 55 heavy (non-hydrogen) atoms. The van der Waals surface area contributed by atoms with E-state index in [0.29, 0.717) is 36.2 Å². The summed E-state index contributed by atoms with van der Waals surface area (Å²) in [5.41, 5.74) is 2.80. The number of carbonyl (C=O) groups excluding carboxylic acids is 2. The molecule has 16 heteroatoms. The zero-order valence-corrected chi connectivity index (χ0v) is 32.8. The molecule has 7 atom stereocenters. The maximum atomic E-state index is 14.8. The highest BCUT2D eigenvalue weighted by Crippen LogP contribution is 2.47. The van der Waals surface area contributed by atoms with Crippen LogP contribution in [0.1, 0.15) is 64.4 Å². The number of nitrogens with one attached hydrogen (secondary N) is 1. The summed E-state index contributed by atoms with van der Waals surface area (Å²) in [5, 5.41) is 4.77. The molecule has 0 saturated heterocycles. The van der Waals surface area contributed by atoms with Gasteiger partial charge in [-0.25, -0.2) is 4.21 Å². The van der Waals surface area contributed by atoms with Crippen LogP contribution in [0.5, 0.6) is 11.6 Å². The Morgan fingerprint density at radius 3 is 2.67 bits per heavy atom. The van der Waals surface area contributed by atoms with E-state index in [1.807, 2.05) is 12.1 Å². The van der Waals surface area contributed by atoms with Crippen LogP contribution in [0.15, 0.2) is 59.1 Å². The van der Waals surface area contributed by atoms with Gasteiger partial charge in [0.1, 0.15) is 21.2 Å². The third-order valence-corrected chi connectivity index (χ3v) is 13.6. The molecule has 2 bridgehead atoms. The molecule has 7 rings (SSSR count). The van der Waals surface area contributed by atoms with Crippen LogP contribution in [0.3, 0.4) is 0 Å². The molecule has 296 valence electrons. The number of anilines is 1. The maximum Gasteiger partial charge on any atom is 0.345 e. The summed E-state index contributed by atoms with van der Waals surface area (Å²) in [5.74, 6) is -2.32. The van der Waals surface area contributed by atoms with Gasteiger partial charge in [0.25, 0.3) is 11.8 Å². The first kappa shape index (κ1) is 39.2. The normalized spacial score (nSPS) is 29.3. The SMILES string of the molecule is COc1nn(C)cc1C(=O)NS1(=O)=NC(=O)c2ccc3c(c2)N(C[C@@H]2CC[C@H]2[C@@H](OC)C=C[C@H](OC(F)F)[C@H](C)C1)C[C@@]1(CCCc2cc(Cl)ccc21)CO3. The predicted octanol–water partition coefficient (Wildman–Crippen LogP) is 6.36. The van der Waals surface area contributed by atoms with Crippen molar-refractivity contribution in [1.29, 1.82) is 0 Å². The number of nitrogens with zero attached hydrogens (tertiary/aromatic N) is 4. The number of hydrogen-bond donors (Lipinski definition) is 1. The van der Waals surface area contributed by atoms with Crippen molar-refractivity contribution in [1.82, 2.24) is 14.5 Å². The molecule has 1 spiro atoms. The van der Waals surface area contributed by atoms with Crippen molar-refractivity contribution in [2.24, 2.45) is 29.2 Å². The molecule has 3 aromatic rings. The molecular weight excluding hydrogens is 756 g/mol. The first-order valence-corrected chi connectivity index (χ1v) is 20.5. The Kier molecular flexibility index (Phi) is 11.3. The Hall–Kier alpha value is -4.05. The second kappa shape index (κ2) is 15.8. The summed E-state index contributed by atoms with van der Waals surface area (Å²) in [6, 6.07) is 11.1.